The maximum atomic E-state index is 13.9. The van der Waals surface area contributed by atoms with Gasteiger partial charge in [0.05, 0.1) is 12.8 Å². The molecule has 2 aromatic rings. The molecule has 0 fully saturated rings. The lowest BCUT2D eigenvalue weighted by Crippen LogP contribution is -2.16. The van der Waals surface area contributed by atoms with Gasteiger partial charge in [-0.25, -0.2) is 14.4 Å². The Bertz CT molecular complexity index is 606. The third-order valence-electron chi connectivity index (χ3n) is 3.06. The average molecular weight is 290 g/mol. The summed E-state index contributed by atoms with van der Waals surface area (Å²) in [7, 11) is 3.29. The van der Waals surface area contributed by atoms with Crippen LogP contribution < -0.4 is 15.0 Å². The highest BCUT2D eigenvalue weighted by Gasteiger charge is 2.18. The van der Waals surface area contributed by atoms with Crippen LogP contribution >= 0.6 is 0 Å². The second kappa shape index (κ2) is 6.88. The topological polar surface area (TPSA) is 50.3 Å². The molecule has 1 aromatic carbocycles. The van der Waals surface area contributed by atoms with Gasteiger partial charge in [0.25, 0.3) is 0 Å². The monoisotopic (exact) mass is 290 g/mol. The number of aromatic nitrogens is 2. The van der Waals surface area contributed by atoms with Crippen LogP contribution in [-0.2, 0) is 0 Å². The van der Waals surface area contributed by atoms with Crippen LogP contribution in [0.15, 0.2) is 30.6 Å². The van der Waals surface area contributed by atoms with Crippen molar-refractivity contribution in [3.8, 4) is 5.75 Å². The molecule has 0 aliphatic rings. The van der Waals surface area contributed by atoms with Crippen LogP contribution in [0.2, 0.25) is 0 Å². The van der Waals surface area contributed by atoms with E-state index in [1.807, 2.05) is 0 Å². The zero-order chi connectivity index (χ0) is 15.2. The zero-order valence-electron chi connectivity index (χ0n) is 12.4. The molecule has 0 atom stereocenters. The summed E-state index contributed by atoms with van der Waals surface area (Å²) in [6.07, 6.45) is 2.40. The van der Waals surface area contributed by atoms with Gasteiger partial charge in [0.1, 0.15) is 12.1 Å². The maximum absolute atomic E-state index is 13.9. The number of anilines is 3. The van der Waals surface area contributed by atoms with Crippen molar-refractivity contribution in [1.29, 1.82) is 0 Å². The maximum Gasteiger partial charge on any atom is 0.204 e. The van der Waals surface area contributed by atoms with E-state index < -0.39 is 0 Å². The fourth-order valence-corrected chi connectivity index (χ4v) is 2.00. The van der Waals surface area contributed by atoms with Gasteiger partial charge in [0, 0.05) is 13.6 Å². The van der Waals surface area contributed by atoms with E-state index in [2.05, 4.69) is 22.2 Å². The van der Waals surface area contributed by atoms with E-state index in [4.69, 9.17) is 4.74 Å². The molecule has 1 aromatic heterocycles. The molecule has 112 valence electrons. The summed E-state index contributed by atoms with van der Waals surface area (Å²) < 4.78 is 19.3. The second-order valence-electron chi connectivity index (χ2n) is 4.52. The van der Waals surface area contributed by atoms with Crippen LogP contribution in [0.5, 0.6) is 5.75 Å². The highest BCUT2D eigenvalue weighted by Crippen LogP contribution is 2.35. The molecule has 0 amide bonds. The van der Waals surface area contributed by atoms with E-state index in [9.17, 15) is 4.39 Å². The number of ether oxygens (including phenoxy) is 1. The van der Waals surface area contributed by atoms with Gasteiger partial charge in [-0.05, 0) is 18.6 Å². The Balaban J connectivity index is 2.41. The van der Waals surface area contributed by atoms with Crippen molar-refractivity contribution in [3.63, 3.8) is 0 Å². The minimum Gasteiger partial charge on any atom is -0.490 e. The Morgan fingerprint density at radius 2 is 2.05 bits per heavy atom. The summed E-state index contributed by atoms with van der Waals surface area (Å²) >= 11 is 0. The van der Waals surface area contributed by atoms with Crippen molar-refractivity contribution < 1.29 is 9.13 Å². The molecule has 0 radical (unpaired) electrons. The first-order chi connectivity index (χ1) is 10.2. The van der Waals surface area contributed by atoms with Crippen LogP contribution in [0.3, 0.4) is 0 Å². The summed E-state index contributed by atoms with van der Waals surface area (Å²) in [5.74, 6) is 1.30. The van der Waals surface area contributed by atoms with Gasteiger partial charge in [-0.15, -0.1) is 0 Å². The second-order valence-corrected chi connectivity index (χ2v) is 4.52. The molecule has 1 heterocycles. The SMILES string of the molecule is CCCNc1ncnc(N(C)c2ccccc2F)c1OC. The molecule has 6 heteroatoms. The lowest BCUT2D eigenvalue weighted by molar-refractivity contribution is 0.413. The van der Waals surface area contributed by atoms with E-state index in [1.54, 1.807) is 37.3 Å². The third-order valence-corrected chi connectivity index (χ3v) is 3.06. The Morgan fingerprint density at radius 1 is 1.29 bits per heavy atom. The molecule has 0 bridgehead atoms. The van der Waals surface area contributed by atoms with Crippen molar-refractivity contribution in [2.75, 3.05) is 30.9 Å². The number of halogens is 1. The lowest BCUT2D eigenvalue weighted by Gasteiger charge is -2.22. The molecular weight excluding hydrogens is 271 g/mol. The molecule has 0 saturated carbocycles. The first-order valence-corrected chi connectivity index (χ1v) is 6.80. The Morgan fingerprint density at radius 3 is 2.71 bits per heavy atom. The van der Waals surface area contributed by atoms with E-state index in [-0.39, 0.29) is 5.82 Å². The van der Waals surface area contributed by atoms with E-state index in [1.165, 1.54) is 12.4 Å². The van der Waals surface area contributed by atoms with Gasteiger partial charge < -0.3 is 15.0 Å². The number of benzene rings is 1. The largest absolute Gasteiger partial charge is 0.490 e. The van der Waals surface area contributed by atoms with Crippen LogP contribution in [0.25, 0.3) is 0 Å². The average Bonchev–Trinajstić information content (AvgIpc) is 2.52. The predicted molar refractivity (Wildman–Crippen MR) is 81.8 cm³/mol. The number of nitrogens with one attached hydrogen (secondary N) is 1. The normalized spacial score (nSPS) is 10.3. The smallest absolute Gasteiger partial charge is 0.204 e. The Kier molecular flexibility index (Phi) is 4.92. The molecule has 21 heavy (non-hydrogen) atoms. The summed E-state index contributed by atoms with van der Waals surface area (Å²) in [5.41, 5.74) is 0.427. The highest BCUT2D eigenvalue weighted by atomic mass is 19.1. The molecule has 0 saturated heterocycles. The van der Waals surface area contributed by atoms with E-state index in [0.29, 0.717) is 23.1 Å². The van der Waals surface area contributed by atoms with Gasteiger partial charge in [0.2, 0.25) is 5.75 Å². The van der Waals surface area contributed by atoms with Crippen molar-refractivity contribution in [2.45, 2.75) is 13.3 Å². The minimum absolute atomic E-state index is 0.316. The predicted octanol–water partition coefficient (Wildman–Crippen LogP) is 3.21. The Hall–Kier alpha value is -2.37. The Labute approximate surface area is 123 Å². The first kappa shape index (κ1) is 15.0. The number of nitrogens with zero attached hydrogens (tertiary/aromatic N) is 3. The molecule has 0 aliphatic heterocycles. The lowest BCUT2D eigenvalue weighted by atomic mass is 10.2. The van der Waals surface area contributed by atoms with E-state index >= 15 is 0 Å². The molecular formula is C15H19FN4O. The number of rotatable bonds is 6. The molecule has 5 nitrogen and oxygen atoms in total. The summed E-state index contributed by atoms with van der Waals surface area (Å²) in [4.78, 5) is 10.0. The number of hydrogen-bond donors (Lipinski definition) is 1. The molecule has 0 aliphatic carbocycles. The van der Waals surface area contributed by atoms with Gasteiger partial charge in [-0.2, -0.15) is 0 Å². The van der Waals surface area contributed by atoms with Crippen molar-refractivity contribution in [2.24, 2.45) is 0 Å². The summed E-state index contributed by atoms with van der Waals surface area (Å²) in [6.45, 7) is 2.84. The number of hydrogen-bond acceptors (Lipinski definition) is 5. The van der Waals surface area contributed by atoms with Crippen molar-refractivity contribution in [1.82, 2.24) is 9.97 Å². The molecule has 0 unspecified atom stereocenters. The fraction of sp³-hybridized carbons (Fsp3) is 0.333. The minimum atomic E-state index is -0.316. The van der Waals surface area contributed by atoms with Gasteiger partial charge in [0.15, 0.2) is 11.6 Å². The standard InChI is InChI=1S/C15H19FN4O/c1-4-9-17-14-13(21-3)15(19-10-18-14)20(2)12-8-6-5-7-11(12)16/h5-8,10H,4,9H2,1-3H3,(H,17,18,19). The van der Waals surface area contributed by atoms with E-state index in [0.717, 1.165) is 13.0 Å². The van der Waals surface area contributed by atoms with Gasteiger partial charge in [-0.1, -0.05) is 19.1 Å². The van der Waals surface area contributed by atoms with Crippen LogP contribution in [0.1, 0.15) is 13.3 Å². The fourth-order valence-electron chi connectivity index (χ4n) is 2.00. The van der Waals surface area contributed by atoms with Crippen LogP contribution in [0.4, 0.5) is 21.7 Å². The summed E-state index contributed by atoms with van der Waals surface area (Å²) in [6, 6.07) is 6.53. The zero-order valence-corrected chi connectivity index (χ0v) is 12.4. The van der Waals surface area contributed by atoms with Crippen LogP contribution in [0, 0.1) is 5.82 Å². The molecule has 0 spiro atoms. The van der Waals surface area contributed by atoms with Crippen LogP contribution in [-0.4, -0.2) is 30.7 Å². The van der Waals surface area contributed by atoms with Crippen molar-refractivity contribution in [3.05, 3.63) is 36.4 Å². The van der Waals surface area contributed by atoms with Crippen molar-refractivity contribution >= 4 is 17.3 Å². The number of methoxy groups -OCH3 is 1. The molecule has 2 rings (SSSR count). The van der Waals surface area contributed by atoms with Gasteiger partial charge in [-0.3, -0.25) is 0 Å². The number of para-hydroxylation sites is 1. The first-order valence-electron chi connectivity index (χ1n) is 6.80. The quantitative estimate of drug-likeness (QED) is 0.885. The highest BCUT2D eigenvalue weighted by molar-refractivity contribution is 5.71. The molecule has 1 N–H and O–H groups in total. The summed E-state index contributed by atoms with van der Waals surface area (Å²) in [5, 5.41) is 3.18. The third kappa shape index (κ3) is 3.21. The van der Waals surface area contributed by atoms with Gasteiger partial charge >= 0.3 is 0 Å².